The number of phenolic OH excluding ortho intramolecular Hbond substituents is 1. The molecule has 2 N–H and O–H groups in total. The minimum Gasteiger partial charge on any atom is -0.508 e. The number of esters is 4. The summed E-state index contributed by atoms with van der Waals surface area (Å²) in [5.41, 5.74) is 2.93. The number of aromatic nitrogens is 1. The van der Waals surface area contributed by atoms with Crippen molar-refractivity contribution in [3.8, 4) is 11.5 Å². The molecule has 1 spiro atoms. The van der Waals surface area contributed by atoms with E-state index in [1.807, 2.05) is 55.5 Å². The van der Waals surface area contributed by atoms with Gasteiger partial charge in [-0.05, 0) is 154 Å². The number of hydrogen-bond donors (Lipinski definition) is 2. The Kier molecular flexibility index (Phi) is 25.0. The molecule has 0 amide bonds. The molecule has 1 saturated heterocycles. The van der Waals surface area contributed by atoms with Crippen LogP contribution < -0.4 is 4.74 Å². The average Bonchev–Trinajstić information content (AvgIpc) is 4.40. The first-order chi connectivity index (χ1) is 38.9. The molecular weight excluding hydrogens is 1070 g/mol. The van der Waals surface area contributed by atoms with Gasteiger partial charge in [-0.1, -0.05) is 88.5 Å². The van der Waals surface area contributed by atoms with Gasteiger partial charge in [-0.15, -0.1) is 18.3 Å². The molecule has 2 heterocycles. The Bertz CT molecular complexity index is 2740. The van der Waals surface area contributed by atoms with Crippen molar-refractivity contribution < 1.29 is 61.5 Å². The van der Waals surface area contributed by atoms with E-state index in [2.05, 4.69) is 16.3 Å². The van der Waals surface area contributed by atoms with Crippen LogP contribution >= 0.6 is 11.8 Å². The Balaban J connectivity index is 0.000000183. The molecule has 1 aromatic heterocycles. The fraction of sp³-hybridized carbons (Fsp3) is 0.585. The van der Waals surface area contributed by atoms with Gasteiger partial charge in [0, 0.05) is 39.3 Å². The number of thioether (sulfide) groups is 1. The van der Waals surface area contributed by atoms with E-state index in [9.17, 15) is 32.7 Å². The molecule has 5 saturated carbocycles. The number of carbonyl (C=O) groups is 4. The Morgan fingerprint density at radius 1 is 0.741 bits per heavy atom. The van der Waals surface area contributed by atoms with Crippen LogP contribution in [-0.2, 0) is 54.6 Å². The maximum absolute atomic E-state index is 13.1. The number of carbonyl (C=O) groups excluding carboxylic acids is 4. The lowest BCUT2D eigenvalue weighted by molar-refractivity contribution is -0.145. The third-order valence-corrected chi connectivity index (χ3v) is 20.7. The summed E-state index contributed by atoms with van der Waals surface area (Å²) < 4.78 is 51.4. The molecule has 14 nitrogen and oxygen atoms in total. The van der Waals surface area contributed by atoms with E-state index in [1.165, 1.54) is 98.4 Å². The number of para-hydroxylation sites is 1. The van der Waals surface area contributed by atoms with Gasteiger partial charge in [0.1, 0.15) is 18.1 Å². The first-order valence-electron chi connectivity index (χ1n) is 29.2. The van der Waals surface area contributed by atoms with E-state index in [0.29, 0.717) is 38.4 Å². The van der Waals surface area contributed by atoms with Gasteiger partial charge in [-0.3, -0.25) is 24.2 Å². The quantitative estimate of drug-likeness (QED) is 0.0437. The third-order valence-electron chi connectivity index (χ3n) is 17.4. The van der Waals surface area contributed by atoms with Crippen LogP contribution in [0.15, 0.2) is 101 Å². The van der Waals surface area contributed by atoms with Crippen LogP contribution in [0.3, 0.4) is 0 Å². The standard InChI is InChI=1S/C26H29NO5S.C15H20O3S.C9H16O.C8H12O2.C7H12O2/c1-19-15-20(23-7-3-4-8-24(23)27-19)17-32-21-9-11-22(12-10-21)33(29,30)18-26(13-5-6-14-26)16-25(28)31-2;1-18-14(17)10-15(8-2-3-9-15)11-19-13-6-4-12(16)5-7-13;1-2-5-9(8-10)6-3-4-7-9;9-7-5-8(6-10-7)3-1-2-4-8;1-9-7(8)6-4-2-3-5-6/h3-4,7-12,15H,5-6,13-14,16-18H2,1-2H3;4-7,16H,2-3,8-11H2,1H3;2,10H,1,3-8H2;1-6H2;6H,2-5H2,1H3. The molecule has 5 aliphatic carbocycles. The van der Waals surface area contributed by atoms with Gasteiger partial charge in [0.05, 0.1) is 69.3 Å². The molecule has 444 valence electrons. The van der Waals surface area contributed by atoms with E-state index < -0.39 is 15.3 Å². The number of benzene rings is 3. The Hall–Kier alpha value is -5.45. The van der Waals surface area contributed by atoms with Crippen molar-refractivity contribution >= 4 is 56.4 Å². The zero-order valence-corrected chi connectivity index (χ0v) is 50.2. The molecule has 81 heavy (non-hydrogen) atoms. The van der Waals surface area contributed by atoms with Crippen LogP contribution in [0.4, 0.5) is 0 Å². The monoisotopic (exact) mass is 1160 g/mol. The van der Waals surface area contributed by atoms with Crippen LogP contribution in [-0.4, -0.2) is 93.5 Å². The fourth-order valence-electron chi connectivity index (χ4n) is 12.7. The first kappa shape index (κ1) is 64.7. The van der Waals surface area contributed by atoms with Crippen LogP contribution in [0.25, 0.3) is 10.9 Å². The highest BCUT2D eigenvalue weighted by molar-refractivity contribution is 7.99. The van der Waals surface area contributed by atoms with Crippen LogP contribution in [0, 0.1) is 34.5 Å². The Labute approximate surface area is 485 Å². The molecular formula is C65H89NO13S2. The maximum Gasteiger partial charge on any atom is 0.308 e. The van der Waals surface area contributed by atoms with Crippen molar-refractivity contribution in [2.45, 2.75) is 177 Å². The van der Waals surface area contributed by atoms with Crippen LogP contribution in [0.5, 0.6) is 11.5 Å². The summed E-state index contributed by atoms with van der Waals surface area (Å²) >= 11 is 1.76. The third kappa shape index (κ3) is 19.6. The van der Waals surface area contributed by atoms with E-state index in [1.54, 1.807) is 48.2 Å². The number of cyclic esters (lactones) is 1. The number of hydrogen-bond acceptors (Lipinski definition) is 15. The molecule has 0 unspecified atom stereocenters. The van der Waals surface area contributed by atoms with Gasteiger partial charge < -0.3 is 33.9 Å². The number of pyridine rings is 1. The summed E-state index contributed by atoms with van der Waals surface area (Å²) in [5, 5.41) is 19.4. The van der Waals surface area contributed by atoms with Gasteiger partial charge in [0.15, 0.2) is 9.84 Å². The molecule has 6 fully saturated rings. The fourth-order valence-corrected chi connectivity index (χ4v) is 15.8. The second-order valence-electron chi connectivity index (χ2n) is 23.6. The summed E-state index contributed by atoms with van der Waals surface area (Å²) in [6.45, 7) is 7.06. The lowest BCUT2D eigenvalue weighted by Gasteiger charge is -2.27. The molecule has 4 aromatic rings. The number of allylic oxidation sites excluding steroid dienone is 1. The largest absolute Gasteiger partial charge is 0.508 e. The summed E-state index contributed by atoms with van der Waals surface area (Å²) in [6.07, 6.45) is 26.6. The smallest absolute Gasteiger partial charge is 0.308 e. The van der Waals surface area contributed by atoms with Crippen LogP contribution in [0.2, 0.25) is 0 Å². The van der Waals surface area contributed by atoms with Gasteiger partial charge in [-0.2, -0.15) is 0 Å². The number of phenols is 1. The normalized spacial score (nSPS) is 19.0. The number of ether oxygens (including phenoxy) is 5. The minimum absolute atomic E-state index is 0.0156. The van der Waals surface area contributed by atoms with E-state index in [-0.39, 0.29) is 68.9 Å². The highest BCUT2D eigenvalue weighted by Crippen LogP contribution is 2.47. The van der Waals surface area contributed by atoms with Crippen molar-refractivity contribution in [1.29, 1.82) is 0 Å². The topological polar surface area (TPSA) is 202 Å². The van der Waals surface area contributed by atoms with Gasteiger partial charge >= 0.3 is 23.9 Å². The number of sulfone groups is 1. The van der Waals surface area contributed by atoms with Crippen molar-refractivity contribution in [3.63, 3.8) is 0 Å². The molecule has 10 rings (SSSR count). The average molecular weight is 1160 g/mol. The second kappa shape index (κ2) is 31.3. The lowest BCUT2D eigenvalue weighted by Crippen LogP contribution is -2.30. The maximum atomic E-state index is 13.1. The van der Waals surface area contributed by atoms with Gasteiger partial charge in [0.2, 0.25) is 0 Å². The van der Waals surface area contributed by atoms with E-state index in [4.69, 9.17) is 24.1 Å². The molecule has 16 heteroatoms. The SMILES string of the molecule is C=CCC1(CO)CCCC1.COC(=O)C1CCCC1.COC(=O)CC1(CS(=O)(=O)c2ccc(OCc3cc(C)nc4ccccc34)cc2)CCCC1.COC(=O)CC1(CSc2ccc(O)cc2)CCCC1.O=C1CC2(CCCC2)CO1. The van der Waals surface area contributed by atoms with Crippen molar-refractivity contribution in [2.75, 3.05) is 46.0 Å². The number of aromatic hydroxyl groups is 1. The number of nitrogens with zero attached hydrogens (tertiary/aromatic N) is 1. The Morgan fingerprint density at radius 3 is 1.84 bits per heavy atom. The highest BCUT2D eigenvalue weighted by Gasteiger charge is 2.43. The molecule has 1 aliphatic heterocycles. The van der Waals surface area contributed by atoms with E-state index in [0.717, 1.165) is 90.6 Å². The van der Waals surface area contributed by atoms with Gasteiger partial charge in [-0.25, -0.2) is 8.42 Å². The van der Waals surface area contributed by atoms with Crippen molar-refractivity contribution in [1.82, 2.24) is 4.98 Å². The predicted octanol–water partition coefficient (Wildman–Crippen LogP) is 13.6. The molecule has 0 atom stereocenters. The minimum atomic E-state index is -3.55. The number of methoxy groups -OCH3 is 3. The zero-order chi connectivity index (χ0) is 58.4. The van der Waals surface area contributed by atoms with Crippen molar-refractivity contribution in [3.05, 3.63) is 103 Å². The number of aliphatic hydroxyl groups is 1. The predicted molar refractivity (Wildman–Crippen MR) is 316 cm³/mol. The first-order valence-corrected chi connectivity index (χ1v) is 31.9. The summed E-state index contributed by atoms with van der Waals surface area (Å²) in [5.74, 6) is 1.53. The van der Waals surface area contributed by atoms with Gasteiger partial charge in [0.25, 0.3) is 0 Å². The molecule has 0 bridgehead atoms. The Morgan fingerprint density at radius 2 is 1.30 bits per heavy atom. The number of fused-ring (bicyclic) bond motifs is 1. The molecule has 3 aromatic carbocycles. The summed E-state index contributed by atoms with van der Waals surface area (Å²) in [4.78, 5) is 51.0. The van der Waals surface area contributed by atoms with Crippen LogP contribution in [0.1, 0.15) is 165 Å². The summed E-state index contributed by atoms with van der Waals surface area (Å²) in [7, 11) is 0.711. The second-order valence-corrected chi connectivity index (χ2v) is 26.6. The summed E-state index contributed by atoms with van der Waals surface area (Å²) in [6, 6.07) is 23.7. The zero-order valence-electron chi connectivity index (χ0n) is 48.5. The number of aryl methyl sites for hydroxylation is 1. The van der Waals surface area contributed by atoms with Crippen molar-refractivity contribution in [2.24, 2.45) is 27.6 Å². The number of rotatable bonds is 17. The van der Waals surface area contributed by atoms with E-state index >= 15 is 0 Å². The molecule has 0 radical (unpaired) electrons. The number of aliphatic hydroxyl groups excluding tert-OH is 1. The molecule has 6 aliphatic rings. The highest BCUT2D eigenvalue weighted by atomic mass is 32.2. The lowest BCUT2D eigenvalue weighted by atomic mass is 9.84.